The summed E-state index contributed by atoms with van der Waals surface area (Å²) in [4.78, 5) is 16.2. The number of nitrogens with two attached hydrogens (primary N) is 1. The Bertz CT molecular complexity index is 284. The lowest BCUT2D eigenvalue weighted by Crippen LogP contribution is -2.03. The first-order chi connectivity index (χ1) is 5.15. The molecule has 62 valence electrons. The predicted molar refractivity (Wildman–Crippen MR) is 43.4 cm³/mol. The molecule has 0 unspecified atom stereocenters. The van der Waals surface area contributed by atoms with Crippen LogP contribution in [-0.4, -0.2) is 9.97 Å². The highest BCUT2D eigenvalue weighted by atomic mass is 16.1. The minimum Gasteiger partial charge on any atom is -0.325 e. The molecule has 0 saturated heterocycles. The van der Waals surface area contributed by atoms with E-state index in [0.29, 0.717) is 12.5 Å². The number of aromatic nitrogens is 2. The molecule has 4 N–H and O–H groups in total. The van der Waals surface area contributed by atoms with Crippen LogP contribution in [0.1, 0.15) is 31.2 Å². The molecule has 1 aromatic heterocycles. The normalized spacial score (nSPS) is 10.9. The van der Waals surface area contributed by atoms with Crippen LogP contribution in [0.4, 0.5) is 0 Å². The average molecular weight is 155 g/mol. The molecule has 4 nitrogen and oxygen atoms in total. The van der Waals surface area contributed by atoms with Crippen molar-refractivity contribution in [1.82, 2.24) is 9.97 Å². The number of hydrogen-bond acceptors (Lipinski definition) is 2. The van der Waals surface area contributed by atoms with E-state index in [2.05, 4.69) is 9.97 Å². The summed E-state index contributed by atoms with van der Waals surface area (Å²) >= 11 is 0. The van der Waals surface area contributed by atoms with Gasteiger partial charge in [-0.3, -0.25) is 0 Å². The maximum atomic E-state index is 10.8. The summed E-state index contributed by atoms with van der Waals surface area (Å²) in [6.45, 7) is 4.41. The first kappa shape index (κ1) is 8.07. The second-order valence-corrected chi connectivity index (χ2v) is 2.83. The third-order valence-corrected chi connectivity index (χ3v) is 1.62. The number of H-pyrrole nitrogens is 2. The van der Waals surface area contributed by atoms with Gasteiger partial charge in [0.15, 0.2) is 0 Å². The van der Waals surface area contributed by atoms with Gasteiger partial charge in [-0.05, 0) is 5.92 Å². The molecule has 0 radical (unpaired) electrons. The van der Waals surface area contributed by atoms with Crippen molar-refractivity contribution in [2.45, 2.75) is 26.3 Å². The summed E-state index contributed by atoms with van der Waals surface area (Å²) in [6, 6.07) is 0. The second-order valence-electron chi connectivity index (χ2n) is 2.83. The lowest BCUT2D eigenvalue weighted by Gasteiger charge is -2.02. The minimum atomic E-state index is -0.172. The van der Waals surface area contributed by atoms with Crippen molar-refractivity contribution in [1.29, 1.82) is 0 Å². The summed E-state index contributed by atoms with van der Waals surface area (Å²) in [5.74, 6) is 0.312. The van der Waals surface area contributed by atoms with Crippen molar-refractivity contribution in [2.75, 3.05) is 0 Å². The molecular formula is C7H13N3O. The topological polar surface area (TPSA) is 74.7 Å². The quantitative estimate of drug-likeness (QED) is 0.574. The van der Waals surface area contributed by atoms with E-state index in [1.54, 1.807) is 0 Å². The maximum absolute atomic E-state index is 10.8. The molecule has 0 aromatic carbocycles. The van der Waals surface area contributed by atoms with Gasteiger partial charge in [-0.25, -0.2) is 4.79 Å². The molecule has 0 saturated carbocycles. The highest BCUT2D eigenvalue weighted by molar-refractivity contribution is 5.14. The maximum Gasteiger partial charge on any atom is 0.323 e. The molecular weight excluding hydrogens is 142 g/mol. The number of rotatable bonds is 2. The van der Waals surface area contributed by atoms with Crippen LogP contribution in [0, 0.1) is 0 Å². The highest BCUT2D eigenvalue weighted by Crippen LogP contribution is 2.12. The van der Waals surface area contributed by atoms with Gasteiger partial charge in [-0.15, -0.1) is 0 Å². The lowest BCUT2D eigenvalue weighted by atomic mass is 10.1. The van der Waals surface area contributed by atoms with Gasteiger partial charge in [0.05, 0.1) is 5.69 Å². The van der Waals surface area contributed by atoms with Crippen LogP contribution in [0.2, 0.25) is 0 Å². The van der Waals surface area contributed by atoms with Crippen molar-refractivity contribution in [3.63, 3.8) is 0 Å². The molecule has 11 heavy (non-hydrogen) atoms. The number of nitrogens with one attached hydrogen (secondary N) is 2. The van der Waals surface area contributed by atoms with E-state index in [-0.39, 0.29) is 5.69 Å². The van der Waals surface area contributed by atoms with Crippen molar-refractivity contribution in [3.8, 4) is 0 Å². The minimum absolute atomic E-state index is 0.172. The van der Waals surface area contributed by atoms with E-state index >= 15 is 0 Å². The SMILES string of the molecule is CC(C)c1[nH]c(=O)[nH]c1CN. The zero-order valence-corrected chi connectivity index (χ0v) is 6.77. The molecule has 1 rings (SSSR count). The molecule has 0 amide bonds. The first-order valence-corrected chi connectivity index (χ1v) is 3.66. The molecule has 1 aromatic rings. The fraction of sp³-hybridized carbons (Fsp3) is 0.571. The Morgan fingerprint density at radius 3 is 2.45 bits per heavy atom. The van der Waals surface area contributed by atoms with Crippen molar-refractivity contribution in [3.05, 3.63) is 21.9 Å². The van der Waals surface area contributed by atoms with Gasteiger partial charge >= 0.3 is 5.69 Å². The molecule has 0 aliphatic carbocycles. The van der Waals surface area contributed by atoms with E-state index in [0.717, 1.165) is 11.4 Å². The molecule has 4 heteroatoms. The van der Waals surface area contributed by atoms with Gasteiger partial charge in [0, 0.05) is 12.2 Å². The Morgan fingerprint density at radius 2 is 2.09 bits per heavy atom. The molecule has 0 fully saturated rings. The highest BCUT2D eigenvalue weighted by Gasteiger charge is 2.07. The van der Waals surface area contributed by atoms with E-state index < -0.39 is 0 Å². The molecule has 0 spiro atoms. The molecule has 1 heterocycles. The molecule has 0 aliphatic heterocycles. The fourth-order valence-electron chi connectivity index (χ4n) is 1.09. The van der Waals surface area contributed by atoms with E-state index in [1.807, 2.05) is 13.8 Å². The van der Waals surface area contributed by atoms with Gasteiger partial charge in [0.25, 0.3) is 0 Å². The summed E-state index contributed by atoms with van der Waals surface area (Å²) in [7, 11) is 0. The predicted octanol–water partition coefficient (Wildman–Crippen LogP) is 0.285. The Kier molecular flexibility index (Phi) is 2.14. The third kappa shape index (κ3) is 1.51. The van der Waals surface area contributed by atoms with Gasteiger partial charge < -0.3 is 15.7 Å². The van der Waals surface area contributed by atoms with Crippen LogP contribution >= 0.6 is 0 Å². The van der Waals surface area contributed by atoms with Crippen LogP contribution in [0.5, 0.6) is 0 Å². The lowest BCUT2D eigenvalue weighted by molar-refractivity contribution is 0.804. The van der Waals surface area contributed by atoms with Crippen LogP contribution in [-0.2, 0) is 6.54 Å². The number of aromatic amines is 2. The molecule has 0 bridgehead atoms. The third-order valence-electron chi connectivity index (χ3n) is 1.62. The van der Waals surface area contributed by atoms with Crippen molar-refractivity contribution in [2.24, 2.45) is 5.73 Å². The largest absolute Gasteiger partial charge is 0.325 e. The van der Waals surface area contributed by atoms with Crippen molar-refractivity contribution >= 4 is 0 Å². The molecule has 0 aliphatic rings. The van der Waals surface area contributed by atoms with Gasteiger partial charge in [0.2, 0.25) is 0 Å². The summed E-state index contributed by atoms with van der Waals surface area (Å²) in [5.41, 5.74) is 6.96. The first-order valence-electron chi connectivity index (χ1n) is 3.66. The summed E-state index contributed by atoms with van der Waals surface area (Å²) < 4.78 is 0. The molecule has 0 atom stereocenters. The van der Waals surface area contributed by atoms with Crippen LogP contribution in [0.25, 0.3) is 0 Å². The Balaban J connectivity index is 3.12. The van der Waals surface area contributed by atoms with Crippen molar-refractivity contribution < 1.29 is 0 Å². The van der Waals surface area contributed by atoms with E-state index in [9.17, 15) is 4.79 Å². The van der Waals surface area contributed by atoms with E-state index in [1.165, 1.54) is 0 Å². The monoisotopic (exact) mass is 155 g/mol. The number of imidazole rings is 1. The zero-order chi connectivity index (χ0) is 8.43. The Labute approximate surface area is 64.8 Å². The average Bonchev–Trinajstić information content (AvgIpc) is 2.30. The summed E-state index contributed by atoms with van der Waals surface area (Å²) in [6.07, 6.45) is 0. The van der Waals surface area contributed by atoms with Gasteiger partial charge in [-0.2, -0.15) is 0 Å². The Hall–Kier alpha value is -1.03. The fourth-order valence-corrected chi connectivity index (χ4v) is 1.09. The van der Waals surface area contributed by atoms with Crippen LogP contribution in [0.3, 0.4) is 0 Å². The smallest absolute Gasteiger partial charge is 0.323 e. The van der Waals surface area contributed by atoms with E-state index in [4.69, 9.17) is 5.73 Å². The zero-order valence-electron chi connectivity index (χ0n) is 6.77. The number of hydrogen-bond donors (Lipinski definition) is 3. The standard InChI is InChI=1S/C7H13N3O/c1-4(2)6-5(3-8)9-7(11)10-6/h4H,3,8H2,1-2H3,(H2,9,10,11). The second kappa shape index (κ2) is 2.92. The van der Waals surface area contributed by atoms with Gasteiger partial charge in [-0.1, -0.05) is 13.8 Å². The van der Waals surface area contributed by atoms with Crippen LogP contribution < -0.4 is 11.4 Å². The Morgan fingerprint density at radius 1 is 1.45 bits per heavy atom. The summed E-state index contributed by atoms with van der Waals surface area (Å²) in [5, 5.41) is 0. The van der Waals surface area contributed by atoms with Gasteiger partial charge in [0.1, 0.15) is 0 Å². The van der Waals surface area contributed by atoms with Crippen LogP contribution in [0.15, 0.2) is 4.79 Å².